The number of hydrogen-bond donors (Lipinski definition) is 0. The molecule has 29 heavy (non-hydrogen) atoms. The van der Waals surface area contributed by atoms with Gasteiger partial charge in [-0.1, -0.05) is 37.3 Å². The Kier molecular flexibility index (Phi) is 5.76. The highest BCUT2D eigenvalue weighted by molar-refractivity contribution is 5.51. The Morgan fingerprint density at radius 3 is 2.34 bits per heavy atom. The maximum atomic E-state index is 5.60. The number of nitrogens with zero attached hydrogens (tertiary/aromatic N) is 3. The molecule has 2 aromatic carbocycles. The molecule has 0 fully saturated rings. The van der Waals surface area contributed by atoms with Gasteiger partial charge in [0.15, 0.2) is 11.5 Å². The van der Waals surface area contributed by atoms with Gasteiger partial charge < -0.3 is 9.47 Å². The first kappa shape index (κ1) is 19.4. The van der Waals surface area contributed by atoms with Gasteiger partial charge in [0.2, 0.25) is 0 Å². The Balaban J connectivity index is 1.74. The summed E-state index contributed by atoms with van der Waals surface area (Å²) in [5, 5.41) is 0. The third-order valence-electron chi connectivity index (χ3n) is 5.55. The maximum absolute atomic E-state index is 5.60. The molecule has 1 aliphatic rings. The number of aromatic nitrogens is 2. The summed E-state index contributed by atoms with van der Waals surface area (Å²) in [4.78, 5) is 11.5. The van der Waals surface area contributed by atoms with Crippen molar-refractivity contribution >= 4 is 0 Å². The van der Waals surface area contributed by atoms with Gasteiger partial charge in [-0.15, -0.1) is 0 Å². The highest BCUT2D eigenvalue weighted by Crippen LogP contribution is 2.41. The van der Waals surface area contributed by atoms with Gasteiger partial charge in [-0.25, -0.2) is 9.97 Å². The summed E-state index contributed by atoms with van der Waals surface area (Å²) in [7, 11) is 3.38. The molecule has 1 atom stereocenters. The second kappa shape index (κ2) is 8.62. The van der Waals surface area contributed by atoms with E-state index in [-0.39, 0.29) is 6.04 Å². The van der Waals surface area contributed by atoms with E-state index in [2.05, 4.69) is 64.3 Å². The van der Waals surface area contributed by atoms with Crippen LogP contribution in [0.2, 0.25) is 0 Å². The topological polar surface area (TPSA) is 47.5 Å². The highest BCUT2D eigenvalue weighted by atomic mass is 16.5. The fraction of sp³-hybridized carbons (Fsp3) is 0.333. The summed E-state index contributed by atoms with van der Waals surface area (Å²) < 4.78 is 11.1. The first-order chi connectivity index (χ1) is 14.2. The van der Waals surface area contributed by atoms with Crippen molar-refractivity contribution in [1.29, 1.82) is 0 Å². The standard InChI is InChI=1S/C24H27N3O2/c1-4-23-25-14-17(15-26-23)16-27-11-10-19-12-21(28-2)22(29-3)13-20(19)24(27)18-8-6-5-7-9-18/h5-9,12-15,24H,4,10-11,16H2,1-3H3/t24-/m1/s1. The third kappa shape index (κ3) is 3.96. The lowest BCUT2D eigenvalue weighted by Gasteiger charge is -2.38. The van der Waals surface area contributed by atoms with Crippen LogP contribution in [0.1, 0.15) is 41.0 Å². The minimum Gasteiger partial charge on any atom is -0.493 e. The largest absolute Gasteiger partial charge is 0.493 e. The first-order valence-electron chi connectivity index (χ1n) is 10.1. The molecule has 5 nitrogen and oxygen atoms in total. The molecule has 0 bridgehead atoms. The molecular formula is C24H27N3O2. The molecule has 1 aliphatic heterocycles. The average molecular weight is 389 g/mol. The van der Waals surface area contributed by atoms with E-state index in [9.17, 15) is 0 Å². The van der Waals surface area contributed by atoms with Gasteiger partial charge in [0.25, 0.3) is 0 Å². The second-order valence-corrected chi connectivity index (χ2v) is 7.30. The average Bonchev–Trinajstić information content (AvgIpc) is 2.79. The maximum Gasteiger partial charge on any atom is 0.161 e. The zero-order chi connectivity index (χ0) is 20.2. The fourth-order valence-electron chi connectivity index (χ4n) is 4.07. The van der Waals surface area contributed by atoms with E-state index >= 15 is 0 Å². The van der Waals surface area contributed by atoms with Crippen LogP contribution in [0.4, 0.5) is 0 Å². The summed E-state index contributed by atoms with van der Waals surface area (Å²) in [5.74, 6) is 2.44. The lowest BCUT2D eigenvalue weighted by Crippen LogP contribution is -2.35. The summed E-state index contributed by atoms with van der Waals surface area (Å²) in [5.41, 5.74) is 4.98. The van der Waals surface area contributed by atoms with Crippen molar-refractivity contribution in [3.63, 3.8) is 0 Å². The zero-order valence-corrected chi connectivity index (χ0v) is 17.3. The van der Waals surface area contributed by atoms with Crippen LogP contribution in [-0.2, 0) is 19.4 Å². The number of hydrogen-bond acceptors (Lipinski definition) is 5. The van der Waals surface area contributed by atoms with E-state index in [0.717, 1.165) is 48.8 Å². The Morgan fingerprint density at radius 2 is 1.69 bits per heavy atom. The number of rotatable bonds is 6. The van der Waals surface area contributed by atoms with Crippen molar-refractivity contribution in [2.24, 2.45) is 0 Å². The van der Waals surface area contributed by atoms with Crippen LogP contribution in [0.3, 0.4) is 0 Å². The third-order valence-corrected chi connectivity index (χ3v) is 5.55. The predicted molar refractivity (Wildman–Crippen MR) is 113 cm³/mol. The van der Waals surface area contributed by atoms with E-state index in [1.165, 1.54) is 16.7 Å². The molecule has 0 radical (unpaired) electrons. The molecule has 3 aromatic rings. The van der Waals surface area contributed by atoms with Crippen molar-refractivity contribution in [3.8, 4) is 11.5 Å². The Bertz CT molecular complexity index is 958. The van der Waals surface area contributed by atoms with Crippen molar-refractivity contribution < 1.29 is 9.47 Å². The normalized spacial score (nSPS) is 16.3. The number of aryl methyl sites for hydroxylation is 1. The lowest BCUT2D eigenvalue weighted by molar-refractivity contribution is 0.203. The smallest absolute Gasteiger partial charge is 0.161 e. The molecular weight excluding hydrogens is 362 g/mol. The molecule has 5 heteroatoms. The molecule has 0 spiro atoms. The van der Waals surface area contributed by atoms with Gasteiger partial charge in [0.05, 0.1) is 20.3 Å². The van der Waals surface area contributed by atoms with Gasteiger partial charge >= 0.3 is 0 Å². The van der Waals surface area contributed by atoms with Gasteiger partial charge in [0, 0.05) is 37.5 Å². The highest BCUT2D eigenvalue weighted by Gasteiger charge is 2.30. The Labute approximate surface area is 172 Å². The molecule has 2 heterocycles. The van der Waals surface area contributed by atoms with Gasteiger partial charge in [-0.05, 0) is 35.2 Å². The number of benzene rings is 2. The second-order valence-electron chi connectivity index (χ2n) is 7.30. The minimum absolute atomic E-state index is 0.144. The van der Waals surface area contributed by atoms with Crippen molar-refractivity contribution in [2.75, 3.05) is 20.8 Å². The monoisotopic (exact) mass is 389 g/mol. The molecule has 0 saturated carbocycles. The van der Waals surface area contributed by atoms with E-state index in [4.69, 9.17) is 9.47 Å². The van der Waals surface area contributed by atoms with Gasteiger partial charge in [-0.2, -0.15) is 0 Å². The molecule has 1 aromatic heterocycles. The van der Waals surface area contributed by atoms with Crippen molar-refractivity contribution in [1.82, 2.24) is 14.9 Å². The molecule has 0 aliphatic carbocycles. The van der Waals surface area contributed by atoms with Crippen molar-refractivity contribution in [3.05, 3.63) is 82.9 Å². The minimum atomic E-state index is 0.144. The predicted octanol–water partition coefficient (Wildman–Crippen LogP) is 4.20. The zero-order valence-electron chi connectivity index (χ0n) is 17.3. The van der Waals surface area contributed by atoms with Crippen LogP contribution in [0.15, 0.2) is 54.9 Å². The Hall–Kier alpha value is -2.92. The molecule has 0 amide bonds. The van der Waals surface area contributed by atoms with Crippen LogP contribution in [0.25, 0.3) is 0 Å². The lowest BCUT2D eigenvalue weighted by atomic mass is 9.87. The number of fused-ring (bicyclic) bond motifs is 1. The van der Waals surface area contributed by atoms with E-state index in [1.54, 1.807) is 14.2 Å². The number of ether oxygens (including phenoxy) is 2. The van der Waals surface area contributed by atoms with Gasteiger partial charge in [-0.3, -0.25) is 4.90 Å². The molecule has 0 unspecified atom stereocenters. The van der Waals surface area contributed by atoms with E-state index < -0.39 is 0 Å². The molecule has 0 N–H and O–H groups in total. The fourth-order valence-corrected chi connectivity index (χ4v) is 4.07. The van der Waals surface area contributed by atoms with Gasteiger partial charge in [0.1, 0.15) is 5.82 Å². The van der Waals surface area contributed by atoms with E-state index in [1.807, 2.05) is 12.4 Å². The van der Waals surface area contributed by atoms with Crippen LogP contribution < -0.4 is 9.47 Å². The molecule has 4 rings (SSSR count). The SMILES string of the molecule is CCc1ncc(CN2CCc3cc(OC)c(OC)cc3[C@H]2c2ccccc2)cn1. The summed E-state index contributed by atoms with van der Waals surface area (Å²) >= 11 is 0. The van der Waals surface area contributed by atoms with Crippen LogP contribution in [0.5, 0.6) is 11.5 Å². The summed E-state index contributed by atoms with van der Waals surface area (Å²) in [6, 6.07) is 15.0. The Morgan fingerprint density at radius 1 is 1.00 bits per heavy atom. The molecule has 150 valence electrons. The van der Waals surface area contributed by atoms with Crippen LogP contribution in [-0.4, -0.2) is 35.6 Å². The summed E-state index contributed by atoms with van der Waals surface area (Å²) in [6.07, 6.45) is 5.73. The van der Waals surface area contributed by atoms with Crippen LogP contribution >= 0.6 is 0 Å². The molecule has 0 saturated heterocycles. The number of methoxy groups -OCH3 is 2. The first-order valence-corrected chi connectivity index (χ1v) is 10.1. The van der Waals surface area contributed by atoms with Crippen LogP contribution in [0, 0.1) is 0 Å². The quantitative estimate of drug-likeness (QED) is 0.632. The van der Waals surface area contributed by atoms with Crippen molar-refractivity contribution in [2.45, 2.75) is 32.4 Å². The summed E-state index contributed by atoms with van der Waals surface area (Å²) in [6.45, 7) is 3.83. The van der Waals surface area contributed by atoms with E-state index in [0.29, 0.717) is 0 Å².